The highest BCUT2D eigenvalue weighted by Gasteiger charge is 2.16. The van der Waals surface area contributed by atoms with Gasteiger partial charge in [0.05, 0.1) is 10.6 Å². The lowest BCUT2D eigenvalue weighted by Crippen LogP contribution is -2.30. The van der Waals surface area contributed by atoms with Crippen molar-refractivity contribution in [3.63, 3.8) is 0 Å². The number of rotatable bonds is 9. The van der Waals surface area contributed by atoms with E-state index in [1.807, 2.05) is 30.3 Å². The Morgan fingerprint density at radius 2 is 1.96 bits per heavy atom. The molecule has 27 heavy (non-hydrogen) atoms. The van der Waals surface area contributed by atoms with Crippen LogP contribution in [0.1, 0.15) is 6.42 Å². The van der Waals surface area contributed by atoms with Crippen molar-refractivity contribution in [1.82, 2.24) is 5.32 Å². The second-order valence-corrected chi connectivity index (χ2v) is 6.38. The molecule has 0 spiro atoms. The number of nitrogens with one attached hydrogen (secondary N) is 2. The Morgan fingerprint density at radius 1 is 1.22 bits per heavy atom. The minimum Gasteiger partial charge on any atom is -0.433 e. The molecule has 0 heterocycles. The summed E-state index contributed by atoms with van der Waals surface area (Å²) in [6.07, 6.45) is 0.683. The Morgan fingerprint density at radius 3 is 2.63 bits per heavy atom. The number of ether oxygens (including phenoxy) is 1. The fraction of sp³-hybridized carbons (Fsp3) is 0.235. The number of halogens is 2. The van der Waals surface area contributed by atoms with Gasteiger partial charge in [-0.1, -0.05) is 18.2 Å². The van der Waals surface area contributed by atoms with Gasteiger partial charge in [-0.25, -0.2) is 4.79 Å². The van der Waals surface area contributed by atoms with E-state index >= 15 is 0 Å². The molecule has 2 amide bonds. The van der Waals surface area contributed by atoms with E-state index in [0.717, 1.165) is 28.8 Å². The topological polar surface area (TPSA) is 93.5 Å². The van der Waals surface area contributed by atoms with Gasteiger partial charge in [0.25, 0.3) is 5.69 Å². The molecule has 7 nitrogen and oxygen atoms in total. The number of nitro groups is 1. The Balaban J connectivity index is 1.84. The summed E-state index contributed by atoms with van der Waals surface area (Å²) < 4.78 is 29.1. The summed E-state index contributed by atoms with van der Waals surface area (Å²) in [7, 11) is 0. The van der Waals surface area contributed by atoms with E-state index in [0.29, 0.717) is 13.0 Å². The molecule has 0 aromatic heterocycles. The molecule has 0 aliphatic carbocycles. The average Bonchev–Trinajstić information content (AvgIpc) is 2.63. The summed E-state index contributed by atoms with van der Waals surface area (Å²) in [6, 6.07) is 12.1. The molecule has 0 atom stereocenters. The molecule has 0 aliphatic heterocycles. The summed E-state index contributed by atoms with van der Waals surface area (Å²) in [5.41, 5.74) is -0.563. The molecule has 0 unspecified atom stereocenters. The van der Waals surface area contributed by atoms with Crippen LogP contribution in [0.4, 0.5) is 25.0 Å². The second-order valence-electron chi connectivity index (χ2n) is 5.21. The van der Waals surface area contributed by atoms with Crippen molar-refractivity contribution in [3.05, 3.63) is 58.6 Å². The maximum atomic E-state index is 12.4. The number of benzene rings is 2. The Hall–Kier alpha value is -2.88. The van der Waals surface area contributed by atoms with Gasteiger partial charge in [0.2, 0.25) is 0 Å². The number of amides is 2. The first kappa shape index (κ1) is 20.4. The number of hydrogen-bond acceptors (Lipinski definition) is 5. The molecule has 0 radical (unpaired) electrons. The van der Waals surface area contributed by atoms with Crippen LogP contribution in [-0.4, -0.2) is 29.9 Å². The zero-order valence-corrected chi connectivity index (χ0v) is 14.9. The van der Waals surface area contributed by atoms with Crippen LogP contribution in [0.3, 0.4) is 0 Å². The summed E-state index contributed by atoms with van der Waals surface area (Å²) in [4.78, 5) is 23.2. The van der Waals surface area contributed by atoms with Gasteiger partial charge in [-0.2, -0.15) is 8.78 Å². The SMILES string of the molecule is O=C(NCCCSc1ccccc1)Nc1cc([N+](=O)[O-])ccc1OC(F)F. The lowest BCUT2D eigenvalue weighted by molar-refractivity contribution is -0.384. The number of urea groups is 1. The summed E-state index contributed by atoms with van der Waals surface area (Å²) in [5.74, 6) is 0.422. The first-order valence-corrected chi connectivity index (χ1v) is 8.90. The zero-order valence-electron chi connectivity index (χ0n) is 14.1. The first-order chi connectivity index (χ1) is 13.0. The maximum Gasteiger partial charge on any atom is 0.387 e. The third-order valence-corrected chi connectivity index (χ3v) is 4.36. The average molecular weight is 397 g/mol. The zero-order chi connectivity index (χ0) is 19.6. The number of non-ortho nitro benzene ring substituents is 1. The number of carbonyl (C=O) groups is 1. The molecule has 2 aromatic rings. The predicted octanol–water partition coefficient (Wildman–Crippen LogP) is 4.50. The second kappa shape index (κ2) is 10.3. The molecule has 0 saturated carbocycles. The smallest absolute Gasteiger partial charge is 0.387 e. The Labute approximate surface area is 158 Å². The summed E-state index contributed by atoms with van der Waals surface area (Å²) in [6.45, 7) is -2.77. The van der Waals surface area contributed by atoms with Crippen LogP contribution in [0.15, 0.2) is 53.4 Å². The van der Waals surface area contributed by atoms with Crippen molar-refractivity contribution in [2.75, 3.05) is 17.6 Å². The quantitative estimate of drug-likeness (QED) is 0.281. The van der Waals surface area contributed by atoms with Crippen LogP contribution in [0.25, 0.3) is 0 Å². The molecular weight excluding hydrogens is 380 g/mol. The fourth-order valence-electron chi connectivity index (χ4n) is 2.08. The van der Waals surface area contributed by atoms with Crippen molar-refractivity contribution in [3.8, 4) is 5.75 Å². The van der Waals surface area contributed by atoms with Crippen LogP contribution < -0.4 is 15.4 Å². The van der Waals surface area contributed by atoms with Gasteiger partial charge in [-0.05, 0) is 30.4 Å². The molecule has 2 aromatic carbocycles. The van der Waals surface area contributed by atoms with Crippen LogP contribution in [0.5, 0.6) is 5.75 Å². The minimum absolute atomic E-state index is 0.208. The van der Waals surface area contributed by atoms with Gasteiger partial charge in [0.15, 0.2) is 0 Å². The number of alkyl halides is 2. The normalized spacial score (nSPS) is 10.5. The van der Waals surface area contributed by atoms with E-state index in [1.165, 1.54) is 0 Å². The highest BCUT2D eigenvalue weighted by atomic mass is 32.2. The van der Waals surface area contributed by atoms with Gasteiger partial charge in [-0.15, -0.1) is 11.8 Å². The van der Waals surface area contributed by atoms with Crippen LogP contribution >= 0.6 is 11.8 Å². The molecular formula is C17H17F2N3O4S. The fourth-order valence-corrected chi connectivity index (χ4v) is 2.95. The standard InChI is InChI=1S/C17H17F2N3O4S/c18-16(19)26-15-8-7-12(22(24)25)11-14(15)21-17(23)20-9-4-10-27-13-5-2-1-3-6-13/h1-3,5-8,11,16H,4,9-10H2,(H2,20,21,23). The van der Waals surface area contributed by atoms with Gasteiger partial charge >= 0.3 is 12.6 Å². The van der Waals surface area contributed by atoms with Crippen molar-refractivity contribution < 1.29 is 23.2 Å². The highest BCUT2D eigenvalue weighted by Crippen LogP contribution is 2.30. The maximum absolute atomic E-state index is 12.4. The first-order valence-electron chi connectivity index (χ1n) is 7.91. The van der Waals surface area contributed by atoms with Gasteiger partial charge in [0.1, 0.15) is 5.75 Å². The van der Waals surface area contributed by atoms with E-state index in [1.54, 1.807) is 11.8 Å². The Kier molecular flexibility index (Phi) is 7.80. The number of nitro benzene ring substituents is 1. The third kappa shape index (κ3) is 7.10. The van der Waals surface area contributed by atoms with Gasteiger partial charge in [-0.3, -0.25) is 10.1 Å². The van der Waals surface area contributed by atoms with Gasteiger partial charge in [0, 0.05) is 23.6 Å². The van der Waals surface area contributed by atoms with Crippen molar-refractivity contribution >= 4 is 29.2 Å². The van der Waals surface area contributed by atoms with Crippen molar-refractivity contribution in [2.45, 2.75) is 17.9 Å². The molecule has 10 heteroatoms. The number of thioether (sulfide) groups is 1. The lowest BCUT2D eigenvalue weighted by Gasteiger charge is -2.12. The van der Waals surface area contributed by atoms with E-state index in [2.05, 4.69) is 15.4 Å². The van der Waals surface area contributed by atoms with E-state index < -0.39 is 17.6 Å². The van der Waals surface area contributed by atoms with Gasteiger partial charge < -0.3 is 15.4 Å². The lowest BCUT2D eigenvalue weighted by atomic mass is 10.2. The summed E-state index contributed by atoms with van der Waals surface area (Å²) >= 11 is 1.64. The van der Waals surface area contributed by atoms with Crippen molar-refractivity contribution in [1.29, 1.82) is 0 Å². The highest BCUT2D eigenvalue weighted by molar-refractivity contribution is 7.99. The summed E-state index contributed by atoms with van der Waals surface area (Å²) in [5, 5.41) is 15.7. The van der Waals surface area contributed by atoms with E-state index in [4.69, 9.17) is 0 Å². The van der Waals surface area contributed by atoms with Crippen molar-refractivity contribution in [2.24, 2.45) is 0 Å². The minimum atomic E-state index is -3.12. The monoisotopic (exact) mass is 397 g/mol. The number of anilines is 1. The predicted molar refractivity (Wildman–Crippen MR) is 98.5 cm³/mol. The van der Waals surface area contributed by atoms with Crippen LogP contribution in [-0.2, 0) is 0 Å². The van der Waals surface area contributed by atoms with E-state index in [9.17, 15) is 23.7 Å². The number of hydrogen-bond donors (Lipinski definition) is 2. The number of carbonyl (C=O) groups excluding carboxylic acids is 1. The Bertz CT molecular complexity index is 778. The third-order valence-electron chi connectivity index (χ3n) is 3.26. The number of nitrogens with zero attached hydrogens (tertiary/aromatic N) is 1. The molecule has 0 aliphatic rings. The van der Waals surface area contributed by atoms with E-state index in [-0.39, 0.29) is 17.1 Å². The molecule has 2 rings (SSSR count). The molecule has 0 saturated heterocycles. The van der Waals surface area contributed by atoms with Crippen LogP contribution in [0.2, 0.25) is 0 Å². The molecule has 2 N–H and O–H groups in total. The largest absolute Gasteiger partial charge is 0.433 e. The molecule has 0 bridgehead atoms. The van der Waals surface area contributed by atoms with Crippen LogP contribution in [0, 0.1) is 10.1 Å². The molecule has 144 valence electrons. The molecule has 0 fully saturated rings.